The molecule has 0 aliphatic carbocycles. The van der Waals surface area contributed by atoms with Crippen LogP contribution in [0.1, 0.15) is 16.8 Å². The second-order valence-electron chi connectivity index (χ2n) is 4.10. The number of benzene rings is 1. The van der Waals surface area contributed by atoms with Crippen molar-refractivity contribution >= 4 is 5.91 Å². The smallest absolute Gasteiger partial charge is 0.257 e. The van der Waals surface area contributed by atoms with Crippen LogP contribution in [0.3, 0.4) is 0 Å². The summed E-state index contributed by atoms with van der Waals surface area (Å²) < 4.78 is 5.18. The van der Waals surface area contributed by atoms with Gasteiger partial charge in [-0.1, -0.05) is 0 Å². The molecule has 1 fully saturated rings. The minimum absolute atomic E-state index is 0.0337. The Morgan fingerprint density at radius 2 is 2.24 bits per heavy atom. The van der Waals surface area contributed by atoms with E-state index in [0.717, 1.165) is 6.42 Å². The highest BCUT2D eigenvalue weighted by molar-refractivity contribution is 5.97. The first-order valence-electron chi connectivity index (χ1n) is 5.46. The molecule has 92 valence electrons. The molecule has 1 aromatic rings. The van der Waals surface area contributed by atoms with Crippen molar-refractivity contribution < 1.29 is 19.7 Å². The molecule has 1 aliphatic rings. The number of hydrogen-bond donors (Lipinski definition) is 2. The molecule has 5 heteroatoms. The average molecular weight is 237 g/mol. The van der Waals surface area contributed by atoms with Crippen molar-refractivity contribution in [2.75, 3.05) is 20.2 Å². The van der Waals surface area contributed by atoms with E-state index in [1.54, 1.807) is 12.0 Å². The van der Waals surface area contributed by atoms with E-state index in [9.17, 15) is 15.0 Å². The maximum Gasteiger partial charge on any atom is 0.257 e. The maximum atomic E-state index is 12.1. The van der Waals surface area contributed by atoms with Crippen LogP contribution in [0.4, 0.5) is 0 Å². The first kappa shape index (κ1) is 11.7. The van der Waals surface area contributed by atoms with Crippen molar-refractivity contribution in [3.05, 3.63) is 23.8 Å². The van der Waals surface area contributed by atoms with Crippen LogP contribution >= 0.6 is 0 Å². The second kappa shape index (κ2) is 4.63. The van der Waals surface area contributed by atoms with E-state index in [-0.39, 0.29) is 29.1 Å². The van der Waals surface area contributed by atoms with Gasteiger partial charge in [-0.15, -0.1) is 0 Å². The SMILES string of the molecule is COC1CCN(C(=O)c2cc(O)ccc2O)C1. The van der Waals surface area contributed by atoms with Crippen molar-refractivity contribution in [1.82, 2.24) is 4.90 Å². The Morgan fingerprint density at radius 1 is 1.47 bits per heavy atom. The first-order valence-corrected chi connectivity index (χ1v) is 5.46. The summed E-state index contributed by atoms with van der Waals surface area (Å²) in [6.07, 6.45) is 0.848. The second-order valence-corrected chi connectivity index (χ2v) is 4.10. The van der Waals surface area contributed by atoms with E-state index >= 15 is 0 Å². The summed E-state index contributed by atoms with van der Waals surface area (Å²) >= 11 is 0. The van der Waals surface area contributed by atoms with Gasteiger partial charge in [-0.25, -0.2) is 0 Å². The summed E-state index contributed by atoms with van der Waals surface area (Å²) in [6.45, 7) is 1.12. The molecule has 2 N–H and O–H groups in total. The topological polar surface area (TPSA) is 70.0 Å². The molecule has 0 radical (unpaired) electrons. The van der Waals surface area contributed by atoms with Crippen LogP contribution in [-0.2, 0) is 4.74 Å². The summed E-state index contributed by atoms with van der Waals surface area (Å²) in [4.78, 5) is 13.7. The highest BCUT2D eigenvalue weighted by Crippen LogP contribution is 2.25. The third-order valence-electron chi connectivity index (χ3n) is 2.98. The monoisotopic (exact) mass is 237 g/mol. The van der Waals surface area contributed by atoms with Gasteiger partial charge in [-0.2, -0.15) is 0 Å². The van der Waals surface area contributed by atoms with Gasteiger partial charge in [0.1, 0.15) is 11.5 Å². The third kappa shape index (κ3) is 2.34. The minimum Gasteiger partial charge on any atom is -0.508 e. The van der Waals surface area contributed by atoms with E-state index in [1.165, 1.54) is 18.2 Å². The fourth-order valence-electron chi connectivity index (χ4n) is 1.97. The van der Waals surface area contributed by atoms with Crippen molar-refractivity contribution in [2.45, 2.75) is 12.5 Å². The number of phenols is 2. The number of nitrogens with zero attached hydrogens (tertiary/aromatic N) is 1. The lowest BCUT2D eigenvalue weighted by Crippen LogP contribution is -2.29. The van der Waals surface area contributed by atoms with E-state index < -0.39 is 0 Å². The number of aromatic hydroxyl groups is 2. The normalized spacial score (nSPS) is 19.6. The molecule has 1 atom stereocenters. The summed E-state index contributed by atoms with van der Waals surface area (Å²) in [5.41, 5.74) is 0.127. The Hall–Kier alpha value is -1.75. The van der Waals surface area contributed by atoms with Gasteiger partial charge in [-0.3, -0.25) is 4.79 Å². The molecule has 5 nitrogen and oxygen atoms in total. The molecule has 1 unspecified atom stereocenters. The predicted molar refractivity (Wildman–Crippen MR) is 61.1 cm³/mol. The van der Waals surface area contributed by atoms with Gasteiger partial charge in [0.05, 0.1) is 11.7 Å². The molecular formula is C12H15NO4. The van der Waals surface area contributed by atoms with Crippen molar-refractivity contribution in [1.29, 1.82) is 0 Å². The van der Waals surface area contributed by atoms with Gasteiger partial charge in [0.15, 0.2) is 0 Å². The zero-order valence-electron chi connectivity index (χ0n) is 9.59. The Bertz CT molecular complexity index is 433. The standard InChI is InChI=1S/C12H15NO4/c1-17-9-4-5-13(7-9)12(16)10-6-8(14)2-3-11(10)15/h2-3,6,9,14-15H,4-5,7H2,1H3. The highest BCUT2D eigenvalue weighted by atomic mass is 16.5. The van der Waals surface area contributed by atoms with Crippen molar-refractivity contribution in [3.63, 3.8) is 0 Å². The van der Waals surface area contributed by atoms with Gasteiger partial charge < -0.3 is 19.8 Å². The lowest BCUT2D eigenvalue weighted by atomic mass is 10.1. The Kier molecular flexibility index (Phi) is 3.19. The van der Waals surface area contributed by atoms with Crippen molar-refractivity contribution in [2.24, 2.45) is 0 Å². The number of amides is 1. The molecule has 2 rings (SSSR count). The van der Waals surface area contributed by atoms with Crippen LogP contribution in [0.5, 0.6) is 11.5 Å². The Balaban J connectivity index is 2.17. The average Bonchev–Trinajstić information content (AvgIpc) is 2.80. The number of phenolic OH excluding ortho intramolecular Hbond substituents is 2. The largest absolute Gasteiger partial charge is 0.508 e. The van der Waals surface area contributed by atoms with Gasteiger partial charge in [-0.05, 0) is 24.6 Å². The quantitative estimate of drug-likeness (QED) is 0.752. The Labute approximate surface area is 99.2 Å². The van der Waals surface area contributed by atoms with E-state index in [2.05, 4.69) is 0 Å². The fraction of sp³-hybridized carbons (Fsp3) is 0.417. The zero-order chi connectivity index (χ0) is 12.4. The molecule has 1 aliphatic heterocycles. The summed E-state index contributed by atoms with van der Waals surface area (Å²) in [5.74, 6) is -0.430. The molecule has 1 aromatic carbocycles. The van der Waals surface area contributed by atoms with Crippen molar-refractivity contribution in [3.8, 4) is 11.5 Å². The van der Waals surface area contributed by atoms with Gasteiger partial charge in [0.25, 0.3) is 5.91 Å². The minimum atomic E-state index is -0.280. The molecule has 17 heavy (non-hydrogen) atoms. The number of rotatable bonds is 2. The number of methoxy groups -OCH3 is 1. The summed E-state index contributed by atoms with van der Waals surface area (Å²) in [5, 5.41) is 18.9. The van der Waals surface area contributed by atoms with E-state index in [0.29, 0.717) is 13.1 Å². The maximum absolute atomic E-state index is 12.1. The lowest BCUT2D eigenvalue weighted by Gasteiger charge is -2.16. The molecule has 0 aromatic heterocycles. The van der Waals surface area contributed by atoms with Gasteiger partial charge in [0, 0.05) is 20.2 Å². The third-order valence-corrected chi connectivity index (χ3v) is 2.98. The molecule has 1 amide bonds. The number of ether oxygens (including phenoxy) is 1. The number of hydrogen-bond acceptors (Lipinski definition) is 4. The summed E-state index contributed by atoms with van der Waals surface area (Å²) in [7, 11) is 1.62. The Morgan fingerprint density at radius 3 is 2.88 bits per heavy atom. The molecule has 1 heterocycles. The van der Waals surface area contributed by atoms with E-state index in [1.807, 2.05) is 0 Å². The number of likely N-dealkylation sites (tertiary alicyclic amines) is 1. The predicted octanol–water partition coefficient (Wildman–Crippen LogP) is 0.959. The lowest BCUT2D eigenvalue weighted by molar-refractivity contribution is 0.0721. The van der Waals surface area contributed by atoms with Crippen LogP contribution in [0.25, 0.3) is 0 Å². The molecule has 1 saturated heterocycles. The number of carbonyl (C=O) groups is 1. The molecule has 0 saturated carbocycles. The van der Waals surface area contributed by atoms with Gasteiger partial charge >= 0.3 is 0 Å². The van der Waals surface area contributed by atoms with Gasteiger partial charge in [0.2, 0.25) is 0 Å². The molecule has 0 bridgehead atoms. The van der Waals surface area contributed by atoms with E-state index in [4.69, 9.17) is 4.74 Å². The first-order chi connectivity index (χ1) is 8.11. The van der Waals surface area contributed by atoms with Crippen LogP contribution in [-0.4, -0.2) is 47.3 Å². The summed E-state index contributed by atoms with van der Waals surface area (Å²) in [6, 6.07) is 3.93. The van der Waals surface area contributed by atoms with Crippen LogP contribution < -0.4 is 0 Å². The molecular weight excluding hydrogens is 222 g/mol. The fourth-order valence-corrected chi connectivity index (χ4v) is 1.97. The zero-order valence-corrected chi connectivity index (χ0v) is 9.59. The number of carbonyl (C=O) groups excluding carboxylic acids is 1. The van der Waals surface area contributed by atoms with Crippen LogP contribution in [0.15, 0.2) is 18.2 Å². The van der Waals surface area contributed by atoms with Crippen LogP contribution in [0, 0.1) is 0 Å². The molecule has 0 spiro atoms. The highest BCUT2D eigenvalue weighted by Gasteiger charge is 2.28. The van der Waals surface area contributed by atoms with Crippen LogP contribution in [0.2, 0.25) is 0 Å².